The van der Waals surface area contributed by atoms with Crippen LogP contribution < -0.4 is 20.1 Å². The Morgan fingerprint density at radius 2 is 1.56 bits per heavy atom. The minimum Gasteiger partial charge on any atom is -0.497 e. The fraction of sp³-hybridized carbons (Fsp3) is 0.333. The Morgan fingerprint density at radius 3 is 2.26 bits per heavy atom. The first-order chi connectivity index (χ1) is 13.1. The topological polar surface area (TPSA) is 76.7 Å². The largest absolute Gasteiger partial charge is 0.497 e. The second-order valence-electron chi connectivity index (χ2n) is 6.04. The predicted molar refractivity (Wildman–Crippen MR) is 104 cm³/mol. The van der Waals surface area contributed by atoms with Gasteiger partial charge < -0.3 is 20.1 Å². The van der Waals surface area contributed by atoms with Gasteiger partial charge in [-0.25, -0.2) is 0 Å². The number of hydrogen-bond acceptors (Lipinski definition) is 4. The highest BCUT2D eigenvalue weighted by Gasteiger charge is 2.09. The van der Waals surface area contributed by atoms with Crippen LogP contribution in [0, 0.1) is 0 Å². The van der Waals surface area contributed by atoms with Crippen molar-refractivity contribution in [3.63, 3.8) is 0 Å². The van der Waals surface area contributed by atoms with Crippen LogP contribution in [0.15, 0.2) is 48.5 Å². The molecular formula is C21H26N2O4. The number of nitrogens with one attached hydrogen (secondary N) is 2. The van der Waals surface area contributed by atoms with Crippen LogP contribution >= 0.6 is 0 Å². The Hall–Kier alpha value is -3.02. The molecule has 0 aromatic heterocycles. The number of methoxy groups -OCH3 is 2. The highest BCUT2D eigenvalue weighted by molar-refractivity contribution is 5.96. The van der Waals surface area contributed by atoms with Crippen LogP contribution in [0.2, 0.25) is 0 Å². The Bertz CT molecular complexity index is 761. The van der Waals surface area contributed by atoms with Gasteiger partial charge >= 0.3 is 0 Å². The smallest absolute Gasteiger partial charge is 0.229 e. The molecule has 0 spiro atoms. The molecule has 2 N–H and O–H groups in total. The number of para-hydroxylation sites is 1. The summed E-state index contributed by atoms with van der Waals surface area (Å²) in [6.07, 6.45) is 1.15. The Labute approximate surface area is 159 Å². The van der Waals surface area contributed by atoms with E-state index in [4.69, 9.17) is 9.47 Å². The second kappa shape index (κ2) is 10.9. The molecule has 0 unspecified atom stereocenters. The molecule has 27 heavy (non-hydrogen) atoms. The van der Waals surface area contributed by atoms with Crippen LogP contribution in [0.4, 0.5) is 0 Å². The molecule has 0 heterocycles. The van der Waals surface area contributed by atoms with E-state index in [-0.39, 0.29) is 18.2 Å². The highest BCUT2D eigenvalue weighted by Crippen LogP contribution is 2.17. The third kappa shape index (κ3) is 7.01. The number of hydrogen-bond donors (Lipinski definition) is 2. The van der Waals surface area contributed by atoms with E-state index in [1.165, 1.54) is 0 Å². The molecule has 0 aliphatic heterocycles. The van der Waals surface area contributed by atoms with E-state index in [0.29, 0.717) is 25.9 Å². The van der Waals surface area contributed by atoms with Gasteiger partial charge in [0.15, 0.2) is 0 Å². The van der Waals surface area contributed by atoms with Crippen molar-refractivity contribution in [2.24, 2.45) is 0 Å². The molecule has 0 bridgehead atoms. The molecule has 0 radical (unpaired) electrons. The van der Waals surface area contributed by atoms with E-state index in [1.807, 2.05) is 48.5 Å². The summed E-state index contributed by atoms with van der Waals surface area (Å²) in [7, 11) is 3.24. The maximum atomic E-state index is 11.9. The first-order valence-corrected chi connectivity index (χ1v) is 8.90. The van der Waals surface area contributed by atoms with E-state index in [0.717, 1.165) is 22.6 Å². The minimum atomic E-state index is -0.288. The Balaban J connectivity index is 1.65. The zero-order chi connectivity index (χ0) is 19.5. The van der Waals surface area contributed by atoms with E-state index < -0.39 is 0 Å². The molecule has 0 aliphatic carbocycles. The van der Waals surface area contributed by atoms with Crippen molar-refractivity contribution >= 4 is 11.8 Å². The summed E-state index contributed by atoms with van der Waals surface area (Å²) in [5.74, 6) is 1.01. The van der Waals surface area contributed by atoms with Crippen molar-refractivity contribution in [2.75, 3.05) is 27.3 Å². The van der Waals surface area contributed by atoms with Gasteiger partial charge in [-0.15, -0.1) is 0 Å². The maximum Gasteiger partial charge on any atom is 0.229 e. The van der Waals surface area contributed by atoms with E-state index >= 15 is 0 Å². The monoisotopic (exact) mass is 370 g/mol. The van der Waals surface area contributed by atoms with Crippen molar-refractivity contribution in [1.29, 1.82) is 0 Å². The van der Waals surface area contributed by atoms with Gasteiger partial charge in [-0.05, 0) is 42.2 Å². The molecule has 2 aromatic rings. The Morgan fingerprint density at radius 1 is 0.852 bits per heavy atom. The van der Waals surface area contributed by atoms with E-state index in [1.54, 1.807) is 14.2 Å². The first kappa shape index (κ1) is 20.3. The molecule has 2 aromatic carbocycles. The van der Waals surface area contributed by atoms with Crippen LogP contribution in [0.5, 0.6) is 11.5 Å². The van der Waals surface area contributed by atoms with Crippen molar-refractivity contribution < 1.29 is 19.1 Å². The molecule has 0 fully saturated rings. The van der Waals surface area contributed by atoms with Gasteiger partial charge in [-0.2, -0.15) is 0 Å². The SMILES string of the molecule is COc1cccc(CCNC(=O)CC(=O)NCCc2ccccc2OC)c1. The first-order valence-electron chi connectivity index (χ1n) is 8.90. The zero-order valence-corrected chi connectivity index (χ0v) is 15.8. The third-order valence-corrected chi connectivity index (χ3v) is 4.10. The van der Waals surface area contributed by atoms with Gasteiger partial charge in [-0.3, -0.25) is 9.59 Å². The van der Waals surface area contributed by atoms with Crippen molar-refractivity contribution in [2.45, 2.75) is 19.3 Å². The summed E-state index contributed by atoms with van der Waals surface area (Å²) in [6.45, 7) is 0.927. The van der Waals surface area contributed by atoms with Crippen LogP contribution in [-0.4, -0.2) is 39.1 Å². The molecule has 6 heteroatoms. The zero-order valence-electron chi connectivity index (χ0n) is 15.8. The van der Waals surface area contributed by atoms with Gasteiger partial charge in [0.05, 0.1) is 14.2 Å². The van der Waals surface area contributed by atoms with Crippen LogP contribution in [0.3, 0.4) is 0 Å². The fourth-order valence-electron chi connectivity index (χ4n) is 2.69. The van der Waals surface area contributed by atoms with Gasteiger partial charge in [0.1, 0.15) is 17.9 Å². The normalized spacial score (nSPS) is 10.1. The van der Waals surface area contributed by atoms with E-state index in [2.05, 4.69) is 10.6 Å². The lowest BCUT2D eigenvalue weighted by Gasteiger charge is -2.09. The minimum absolute atomic E-state index is 0.177. The van der Waals surface area contributed by atoms with Crippen LogP contribution in [0.1, 0.15) is 17.5 Å². The fourth-order valence-corrected chi connectivity index (χ4v) is 2.69. The number of rotatable bonds is 10. The summed E-state index contributed by atoms with van der Waals surface area (Å²) in [6, 6.07) is 15.3. The number of carbonyl (C=O) groups excluding carboxylic acids is 2. The standard InChI is InChI=1S/C21H26N2O4/c1-26-18-8-5-6-16(14-18)10-12-22-20(24)15-21(25)23-13-11-17-7-3-4-9-19(17)27-2/h3-9,14H,10-13,15H2,1-2H3,(H,22,24)(H,23,25). The summed E-state index contributed by atoms with van der Waals surface area (Å²) in [4.78, 5) is 23.8. The Kier molecular flexibility index (Phi) is 8.16. The lowest BCUT2D eigenvalue weighted by Crippen LogP contribution is -2.33. The summed E-state index contributed by atoms with van der Waals surface area (Å²) in [5.41, 5.74) is 2.08. The summed E-state index contributed by atoms with van der Waals surface area (Å²) < 4.78 is 10.4. The third-order valence-electron chi connectivity index (χ3n) is 4.10. The number of ether oxygens (including phenoxy) is 2. The lowest BCUT2D eigenvalue weighted by atomic mass is 10.1. The molecule has 2 rings (SSSR count). The number of amides is 2. The van der Waals surface area contributed by atoms with Crippen molar-refractivity contribution in [3.05, 3.63) is 59.7 Å². The van der Waals surface area contributed by atoms with Gasteiger partial charge in [-0.1, -0.05) is 30.3 Å². The molecule has 0 atom stereocenters. The van der Waals surface area contributed by atoms with Crippen LogP contribution in [-0.2, 0) is 22.4 Å². The quantitative estimate of drug-likeness (QED) is 0.628. The van der Waals surface area contributed by atoms with Crippen LogP contribution in [0.25, 0.3) is 0 Å². The predicted octanol–water partition coefficient (Wildman–Crippen LogP) is 2.11. The molecular weight excluding hydrogens is 344 g/mol. The molecule has 0 saturated heterocycles. The maximum absolute atomic E-state index is 11.9. The molecule has 144 valence electrons. The lowest BCUT2D eigenvalue weighted by molar-refractivity contribution is -0.129. The van der Waals surface area contributed by atoms with Crippen molar-refractivity contribution in [3.8, 4) is 11.5 Å². The highest BCUT2D eigenvalue weighted by atomic mass is 16.5. The average Bonchev–Trinajstić information content (AvgIpc) is 2.68. The second-order valence-corrected chi connectivity index (χ2v) is 6.04. The van der Waals surface area contributed by atoms with Gasteiger partial charge in [0, 0.05) is 13.1 Å². The van der Waals surface area contributed by atoms with Gasteiger partial charge in [0.2, 0.25) is 11.8 Å². The van der Waals surface area contributed by atoms with Gasteiger partial charge in [0.25, 0.3) is 0 Å². The molecule has 6 nitrogen and oxygen atoms in total. The van der Waals surface area contributed by atoms with Crippen molar-refractivity contribution in [1.82, 2.24) is 10.6 Å². The average molecular weight is 370 g/mol. The number of carbonyl (C=O) groups is 2. The van der Waals surface area contributed by atoms with E-state index in [9.17, 15) is 9.59 Å². The molecule has 0 aliphatic rings. The molecule has 2 amide bonds. The molecule has 0 saturated carbocycles. The number of benzene rings is 2. The summed E-state index contributed by atoms with van der Waals surface area (Å²) in [5, 5.41) is 5.53. The summed E-state index contributed by atoms with van der Waals surface area (Å²) >= 11 is 0.